The molecule has 1 aromatic carbocycles. The van der Waals surface area contributed by atoms with Gasteiger partial charge in [0.1, 0.15) is 6.54 Å². The van der Waals surface area contributed by atoms with E-state index in [1.165, 1.54) is 0 Å². The van der Waals surface area contributed by atoms with E-state index >= 15 is 0 Å². The Morgan fingerprint density at radius 2 is 2.08 bits per heavy atom. The Balaban J connectivity index is 1.52. The summed E-state index contributed by atoms with van der Waals surface area (Å²) in [5, 5.41) is 10.5. The maximum absolute atomic E-state index is 5.94. The normalized spacial score (nSPS) is 11.0. The van der Waals surface area contributed by atoms with Crippen LogP contribution in [0.3, 0.4) is 0 Å². The molecule has 0 amide bonds. The zero-order chi connectivity index (χ0) is 18.1. The molecule has 0 aliphatic carbocycles. The maximum Gasteiger partial charge on any atom is 0.214 e. The topological polar surface area (TPSA) is 51.2 Å². The van der Waals surface area contributed by atoms with Gasteiger partial charge in [-0.25, -0.2) is 9.50 Å². The molecule has 4 aromatic rings. The summed E-state index contributed by atoms with van der Waals surface area (Å²) in [6.07, 6.45) is 11.0. The number of aromatic nitrogens is 5. The van der Waals surface area contributed by atoms with Gasteiger partial charge in [0.15, 0.2) is 0 Å². The number of hydrogen-bond donors (Lipinski definition) is 0. The molecule has 3 aromatic heterocycles. The highest BCUT2D eigenvalue weighted by atomic mass is 35.5. The van der Waals surface area contributed by atoms with E-state index in [2.05, 4.69) is 26.0 Å². The van der Waals surface area contributed by atoms with Crippen molar-refractivity contribution in [2.24, 2.45) is 0 Å². The van der Waals surface area contributed by atoms with Crippen LogP contribution in [0.2, 0.25) is 5.02 Å². The average Bonchev–Trinajstić information content (AvgIpc) is 3.30. The Hall–Kier alpha value is -2.82. The van der Waals surface area contributed by atoms with Crippen LogP contribution < -0.4 is 4.90 Å². The van der Waals surface area contributed by atoms with Gasteiger partial charge in [0.05, 0.1) is 18.1 Å². The summed E-state index contributed by atoms with van der Waals surface area (Å²) in [5.74, 6) is 2.58. The summed E-state index contributed by atoms with van der Waals surface area (Å²) in [5.41, 5.74) is 2.98. The van der Waals surface area contributed by atoms with Crippen LogP contribution in [0.25, 0.3) is 16.2 Å². The first-order valence-corrected chi connectivity index (χ1v) is 9.10. The van der Waals surface area contributed by atoms with Crippen molar-refractivity contribution >= 4 is 33.0 Å². The molecule has 0 spiro atoms. The van der Waals surface area contributed by atoms with E-state index in [0.29, 0.717) is 18.1 Å². The minimum absolute atomic E-state index is 0.474. The molecular formula is C18H15ClN6S. The molecular weight excluding hydrogens is 368 g/mol. The van der Waals surface area contributed by atoms with E-state index in [1.54, 1.807) is 16.0 Å². The van der Waals surface area contributed by atoms with Crippen molar-refractivity contribution in [2.45, 2.75) is 13.1 Å². The lowest BCUT2D eigenvalue weighted by Crippen LogP contribution is -2.16. The standard InChI is InChI=1S/C18H15ClN6S/c1-3-8-24-11-13(9-20-24)10-23(2)18-22-25-12-16(21-17(25)26-18)14-4-6-15(19)7-5-14/h1,4-7,9,11-12H,8,10H2,2H3. The molecule has 0 fully saturated rings. The van der Waals surface area contributed by atoms with E-state index in [0.717, 1.165) is 26.9 Å². The number of halogens is 1. The van der Waals surface area contributed by atoms with Gasteiger partial charge in [-0.3, -0.25) is 4.68 Å². The number of anilines is 1. The van der Waals surface area contributed by atoms with Gasteiger partial charge >= 0.3 is 0 Å². The van der Waals surface area contributed by atoms with Gasteiger partial charge in [-0.15, -0.1) is 11.5 Å². The fraction of sp³-hybridized carbons (Fsp3) is 0.167. The second-order valence-electron chi connectivity index (χ2n) is 5.85. The first-order chi connectivity index (χ1) is 12.6. The molecule has 0 unspecified atom stereocenters. The van der Waals surface area contributed by atoms with Crippen molar-refractivity contribution in [3.05, 3.63) is 53.4 Å². The Labute approximate surface area is 159 Å². The summed E-state index contributed by atoms with van der Waals surface area (Å²) < 4.78 is 3.55. The molecule has 26 heavy (non-hydrogen) atoms. The van der Waals surface area contributed by atoms with Gasteiger partial charge in [-0.1, -0.05) is 41.0 Å². The fourth-order valence-corrected chi connectivity index (χ4v) is 3.58. The lowest BCUT2D eigenvalue weighted by molar-refractivity contribution is 0.714. The summed E-state index contributed by atoms with van der Waals surface area (Å²) >= 11 is 7.48. The van der Waals surface area contributed by atoms with Crippen LogP contribution in [0.15, 0.2) is 42.9 Å². The molecule has 130 valence electrons. The smallest absolute Gasteiger partial charge is 0.214 e. The van der Waals surface area contributed by atoms with Crippen molar-refractivity contribution in [3.8, 4) is 23.6 Å². The molecule has 0 N–H and O–H groups in total. The quantitative estimate of drug-likeness (QED) is 0.495. The highest BCUT2D eigenvalue weighted by molar-refractivity contribution is 7.20. The van der Waals surface area contributed by atoms with Crippen LogP contribution in [0.5, 0.6) is 0 Å². The highest BCUT2D eigenvalue weighted by Gasteiger charge is 2.13. The maximum atomic E-state index is 5.94. The number of rotatable bonds is 5. The third-order valence-electron chi connectivity index (χ3n) is 3.86. The van der Waals surface area contributed by atoms with E-state index in [9.17, 15) is 0 Å². The molecule has 0 aliphatic rings. The SMILES string of the molecule is C#CCn1cc(CN(C)c2nn3cc(-c4ccc(Cl)cc4)nc3s2)cn1. The van der Waals surface area contributed by atoms with Crippen LogP contribution in [0, 0.1) is 12.3 Å². The zero-order valence-corrected chi connectivity index (χ0v) is 15.6. The molecule has 0 atom stereocenters. The largest absolute Gasteiger partial charge is 0.345 e. The number of benzene rings is 1. The highest BCUT2D eigenvalue weighted by Crippen LogP contribution is 2.27. The Kier molecular flexibility index (Phi) is 4.37. The van der Waals surface area contributed by atoms with Crippen LogP contribution in [0.4, 0.5) is 5.13 Å². The summed E-state index contributed by atoms with van der Waals surface area (Å²) in [6, 6.07) is 7.62. The molecule has 8 heteroatoms. The summed E-state index contributed by atoms with van der Waals surface area (Å²) in [6.45, 7) is 1.17. The van der Waals surface area contributed by atoms with Crippen LogP contribution >= 0.6 is 22.9 Å². The van der Waals surface area contributed by atoms with E-state index in [-0.39, 0.29) is 0 Å². The van der Waals surface area contributed by atoms with Crippen molar-refractivity contribution < 1.29 is 0 Å². The van der Waals surface area contributed by atoms with E-state index in [4.69, 9.17) is 18.0 Å². The third kappa shape index (κ3) is 3.29. The van der Waals surface area contributed by atoms with Gasteiger partial charge in [-0.05, 0) is 12.1 Å². The van der Waals surface area contributed by atoms with Crippen LogP contribution in [0.1, 0.15) is 5.56 Å². The van der Waals surface area contributed by atoms with Crippen molar-refractivity contribution in [1.82, 2.24) is 24.4 Å². The van der Waals surface area contributed by atoms with Crippen molar-refractivity contribution in [3.63, 3.8) is 0 Å². The zero-order valence-electron chi connectivity index (χ0n) is 14.0. The van der Waals surface area contributed by atoms with Crippen LogP contribution in [-0.4, -0.2) is 31.4 Å². The number of imidazole rings is 1. The third-order valence-corrected chi connectivity index (χ3v) is 5.15. The predicted octanol–water partition coefficient (Wildman–Crippen LogP) is 3.58. The molecule has 4 rings (SSSR count). The molecule has 3 heterocycles. The first kappa shape index (κ1) is 16.6. The molecule has 0 aliphatic heterocycles. The van der Waals surface area contributed by atoms with Gasteiger partial charge in [0.25, 0.3) is 0 Å². The molecule has 0 radical (unpaired) electrons. The summed E-state index contributed by atoms with van der Waals surface area (Å²) in [4.78, 5) is 7.58. The average molecular weight is 383 g/mol. The van der Waals surface area contributed by atoms with Gasteiger partial charge in [-0.2, -0.15) is 5.10 Å². The van der Waals surface area contributed by atoms with Gasteiger partial charge in [0.2, 0.25) is 10.1 Å². The second kappa shape index (κ2) is 6.83. The number of fused-ring (bicyclic) bond motifs is 1. The predicted molar refractivity (Wildman–Crippen MR) is 104 cm³/mol. The van der Waals surface area contributed by atoms with Crippen molar-refractivity contribution in [1.29, 1.82) is 0 Å². The first-order valence-electron chi connectivity index (χ1n) is 7.90. The monoisotopic (exact) mass is 382 g/mol. The lowest BCUT2D eigenvalue weighted by atomic mass is 10.2. The van der Waals surface area contributed by atoms with E-state index < -0.39 is 0 Å². The number of hydrogen-bond acceptors (Lipinski definition) is 5. The lowest BCUT2D eigenvalue weighted by Gasteiger charge is -2.13. The van der Waals surface area contributed by atoms with Gasteiger partial charge < -0.3 is 4.90 Å². The Morgan fingerprint density at radius 3 is 2.81 bits per heavy atom. The molecule has 0 saturated heterocycles. The minimum atomic E-state index is 0.474. The fourth-order valence-electron chi connectivity index (χ4n) is 2.61. The Bertz CT molecular complexity index is 1050. The van der Waals surface area contributed by atoms with E-state index in [1.807, 2.05) is 54.4 Å². The Morgan fingerprint density at radius 1 is 1.27 bits per heavy atom. The van der Waals surface area contributed by atoms with Crippen molar-refractivity contribution in [2.75, 3.05) is 11.9 Å². The summed E-state index contributed by atoms with van der Waals surface area (Å²) in [7, 11) is 2.00. The minimum Gasteiger partial charge on any atom is -0.345 e. The number of terminal acetylenes is 1. The van der Waals surface area contributed by atoms with Gasteiger partial charge in [0, 0.05) is 35.9 Å². The molecule has 6 nitrogen and oxygen atoms in total. The molecule has 0 saturated carbocycles. The number of nitrogens with zero attached hydrogens (tertiary/aromatic N) is 6. The molecule has 0 bridgehead atoms. The van der Waals surface area contributed by atoms with Crippen LogP contribution in [-0.2, 0) is 13.1 Å². The second-order valence-corrected chi connectivity index (χ2v) is 7.22.